The first-order chi connectivity index (χ1) is 20.7. The Morgan fingerprint density at radius 1 is 0.857 bits per heavy atom. The zero-order chi connectivity index (χ0) is 28.9. The number of hydrogen-bond donors (Lipinski definition) is 1. The predicted octanol–water partition coefficient (Wildman–Crippen LogP) is 5.16. The summed E-state index contributed by atoms with van der Waals surface area (Å²) in [5, 5.41) is 12.4. The van der Waals surface area contributed by atoms with Crippen molar-refractivity contribution in [3.8, 4) is 6.07 Å². The maximum absolute atomic E-state index is 14.7. The third kappa shape index (κ3) is 5.28. The molecule has 208 valence electrons. The summed E-state index contributed by atoms with van der Waals surface area (Å²) in [5.41, 5.74) is 5.84. The minimum Gasteiger partial charge on any atom is -0.378 e. The quantitative estimate of drug-likeness (QED) is 0.319. The van der Waals surface area contributed by atoms with Gasteiger partial charge in [0.2, 0.25) is 5.91 Å². The average Bonchev–Trinajstić information content (AvgIpc) is 3.33. The second-order valence-corrected chi connectivity index (χ2v) is 10.2. The van der Waals surface area contributed by atoms with E-state index in [0.717, 1.165) is 22.4 Å². The number of para-hydroxylation sites is 1. The molecular weight excluding hydrogens is 524 g/mol. The fourth-order valence-corrected chi connectivity index (χ4v) is 5.63. The Morgan fingerprint density at radius 2 is 1.50 bits per heavy atom. The van der Waals surface area contributed by atoms with Crippen LogP contribution in [0.5, 0.6) is 0 Å². The van der Waals surface area contributed by atoms with Crippen molar-refractivity contribution in [2.75, 3.05) is 31.2 Å². The van der Waals surface area contributed by atoms with Gasteiger partial charge in [-0.15, -0.1) is 0 Å². The molecule has 1 saturated heterocycles. The van der Waals surface area contributed by atoms with Gasteiger partial charge in [0.05, 0.1) is 41.8 Å². The van der Waals surface area contributed by atoms with E-state index in [-0.39, 0.29) is 11.8 Å². The molecule has 1 atom stereocenters. The maximum Gasteiger partial charge on any atom is 0.262 e. The monoisotopic (exact) mass is 554 g/mol. The smallest absolute Gasteiger partial charge is 0.262 e. The summed E-state index contributed by atoms with van der Waals surface area (Å²) >= 11 is 0. The van der Waals surface area contributed by atoms with Crippen LogP contribution in [0.3, 0.4) is 0 Å². The number of fused-ring (bicyclic) bond motifs is 1. The van der Waals surface area contributed by atoms with Gasteiger partial charge in [0.1, 0.15) is 6.04 Å². The molecule has 4 aromatic rings. The van der Waals surface area contributed by atoms with Crippen molar-refractivity contribution in [2.45, 2.75) is 12.6 Å². The number of nitriles is 1. The highest BCUT2D eigenvalue weighted by atomic mass is 16.5. The first kappa shape index (κ1) is 27.0. The number of benzene rings is 4. The summed E-state index contributed by atoms with van der Waals surface area (Å²) in [5.74, 6) is -0.550. The third-order valence-electron chi connectivity index (χ3n) is 7.65. The number of anilines is 1. The van der Waals surface area contributed by atoms with Gasteiger partial charge in [0, 0.05) is 25.2 Å². The van der Waals surface area contributed by atoms with E-state index in [1.54, 1.807) is 29.2 Å². The zero-order valence-corrected chi connectivity index (χ0v) is 23.1. The first-order valence-electron chi connectivity index (χ1n) is 14.0. The van der Waals surface area contributed by atoms with Crippen LogP contribution in [-0.2, 0) is 20.9 Å². The zero-order valence-electron chi connectivity index (χ0n) is 23.1. The summed E-state index contributed by atoms with van der Waals surface area (Å²) in [7, 11) is 0. The Morgan fingerprint density at radius 3 is 2.19 bits per heavy atom. The molecule has 42 heavy (non-hydrogen) atoms. The molecule has 2 aliphatic rings. The predicted molar refractivity (Wildman–Crippen MR) is 162 cm³/mol. The van der Waals surface area contributed by atoms with Crippen LogP contribution in [-0.4, -0.2) is 43.0 Å². The summed E-state index contributed by atoms with van der Waals surface area (Å²) in [4.78, 5) is 32.6. The van der Waals surface area contributed by atoms with E-state index in [1.165, 1.54) is 0 Å². The SMILES string of the molecule is N#Cc1ccc(C(C(=O)NCc2ccccc2)N2C(=O)/C(=C(/c3ccccc3)N3CCOCC3)c3ccccc32)cc1. The normalized spacial score (nSPS) is 16.4. The summed E-state index contributed by atoms with van der Waals surface area (Å²) in [6, 6.07) is 35.3. The lowest BCUT2D eigenvalue weighted by atomic mass is 9.99. The van der Waals surface area contributed by atoms with Gasteiger partial charge in [-0.05, 0) is 34.9 Å². The maximum atomic E-state index is 14.7. The lowest BCUT2D eigenvalue weighted by Gasteiger charge is -2.33. The molecule has 2 amide bonds. The average molecular weight is 555 g/mol. The lowest BCUT2D eigenvalue weighted by Crippen LogP contribution is -2.42. The van der Waals surface area contributed by atoms with Gasteiger partial charge in [-0.3, -0.25) is 14.5 Å². The highest BCUT2D eigenvalue weighted by Crippen LogP contribution is 2.45. The Balaban J connectivity index is 1.49. The molecule has 1 N–H and O–H groups in total. The van der Waals surface area contributed by atoms with Gasteiger partial charge in [-0.1, -0.05) is 91.0 Å². The van der Waals surface area contributed by atoms with E-state index in [2.05, 4.69) is 16.3 Å². The number of ether oxygens (including phenoxy) is 1. The van der Waals surface area contributed by atoms with Gasteiger partial charge in [-0.2, -0.15) is 5.26 Å². The van der Waals surface area contributed by atoms with Crippen molar-refractivity contribution in [3.05, 3.63) is 137 Å². The minimum absolute atomic E-state index is 0.245. The molecular formula is C35H30N4O3. The Kier molecular flexibility index (Phi) is 7.80. The van der Waals surface area contributed by atoms with Crippen LogP contribution in [0.2, 0.25) is 0 Å². The molecule has 0 radical (unpaired) electrons. The van der Waals surface area contributed by atoms with Crippen LogP contribution in [0.4, 0.5) is 5.69 Å². The van der Waals surface area contributed by atoms with Crippen LogP contribution in [0, 0.1) is 11.3 Å². The van der Waals surface area contributed by atoms with Crippen LogP contribution in [0.1, 0.15) is 33.9 Å². The molecule has 0 aliphatic carbocycles. The number of carbonyl (C=O) groups is 2. The Hall–Kier alpha value is -5.19. The highest BCUT2D eigenvalue weighted by molar-refractivity contribution is 6.38. The minimum atomic E-state index is -0.950. The molecule has 0 saturated carbocycles. The van der Waals surface area contributed by atoms with E-state index in [4.69, 9.17) is 4.74 Å². The van der Waals surface area contributed by atoms with Crippen molar-refractivity contribution < 1.29 is 14.3 Å². The fourth-order valence-electron chi connectivity index (χ4n) is 5.63. The summed E-state index contributed by atoms with van der Waals surface area (Å²) < 4.78 is 5.64. The molecule has 6 rings (SSSR count). The molecule has 2 aliphatic heterocycles. The molecule has 2 heterocycles. The Labute approximate surface area is 245 Å². The molecule has 1 unspecified atom stereocenters. The van der Waals surface area contributed by atoms with E-state index < -0.39 is 6.04 Å². The molecule has 7 heteroatoms. The van der Waals surface area contributed by atoms with Crippen LogP contribution >= 0.6 is 0 Å². The van der Waals surface area contributed by atoms with Crippen LogP contribution in [0.25, 0.3) is 11.3 Å². The molecule has 0 spiro atoms. The third-order valence-corrected chi connectivity index (χ3v) is 7.65. The molecule has 7 nitrogen and oxygen atoms in total. The van der Waals surface area contributed by atoms with Crippen molar-refractivity contribution in [3.63, 3.8) is 0 Å². The van der Waals surface area contributed by atoms with Crippen molar-refractivity contribution >= 4 is 28.8 Å². The summed E-state index contributed by atoms with van der Waals surface area (Å²) in [6.45, 7) is 2.76. The van der Waals surface area contributed by atoms with Crippen molar-refractivity contribution in [2.24, 2.45) is 0 Å². The fraction of sp³-hybridized carbons (Fsp3) is 0.171. The van der Waals surface area contributed by atoms with E-state index in [1.807, 2.05) is 84.9 Å². The van der Waals surface area contributed by atoms with Gasteiger partial charge in [0.25, 0.3) is 5.91 Å². The standard InChI is InChI=1S/C35H30N4O3/c36-23-25-15-17-28(18-16-25)33(34(40)37-24-26-9-3-1-4-10-26)39-30-14-8-7-13-29(30)31(35(39)41)32(27-11-5-2-6-12-27)38-19-21-42-22-20-38/h1-18,33H,19-22,24H2,(H,37,40)/b32-31-. The topological polar surface area (TPSA) is 85.7 Å². The second kappa shape index (κ2) is 12.1. The molecule has 0 bridgehead atoms. The number of hydrogen-bond acceptors (Lipinski definition) is 5. The van der Waals surface area contributed by atoms with Gasteiger partial charge in [-0.25, -0.2) is 0 Å². The largest absolute Gasteiger partial charge is 0.378 e. The first-order valence-corrected chi connectivity index (χ1v) is 14.0. The lowest BCUT2D eigenvalue weighted by molar-refractivity contribution is -0.125. The molecule has 1 fully saturated rings. The Bertz CT molecular complexity index is 1650. The number of rotatable bonds is 7. The van der Waals surface area contributed by atoms with E-state index >= 15 is 0 Å². The number of amides is 2. The summed E-state index contributed by atoms with van der Waals surface area (Å²) in [6.07, 6.45) is 0. The van der Waals surface area contributed by atoms with E-state index in [9.17, 15) is 14.9 Å². The van der Waals surface area contributed by atoms with Gasteiger partial charge in [0.15, 0.2) is 0 Å². The second-order valence-electron chi connectivity index (χ2n) is 10.2. The van der Waals surface area contributed by atoms with Crippen LogP contribution in [0.15, 0.2) is 109 Å². The van der Waals surface area contributed by atoms with Gasteiger partial charge < -0.3 is 15.0 Å². The van der Waals surface area contributed by atoms with Gasteiger partial charge >= 0.3 is 0 Å². The van der Waals surface area contributed by atoms with Crippen molar-refractivity contribution in [1.82, 2.24) is 10.2 Å². The molecule has 0 aromatic heterocycles. The molecule has 4 aromatic carbocycles. The number of morpholine rings is 1. The highest BCUT2D eigenvalue weighted by Gasteiger charge is 2.43. The van der Waals surface area contributed by atoms with Crippen LogP contribution < -0.4 is 10.2 Å². The number of carbonyl (C=O) groups excluding carboxylic acids is 2. The van der Waals surface area contributed by atoms with Crippen molar-refractivity contribution in [1.29, 1.82) is 5.26 Å². The number of nitrogens with zero attached hydrogens (tertiary/aromatic N) is 3. The van der Waals surface area contributed by atoms with E-state index in [0.29, 0.717) is 55.2 Å². The number of nitrogens with one attached hydrogen (secondary N) is 1.